The molecular weight excluding hydrogens is 416 g/mol. The Morgan fingerprint density at radius 2 is 1.82 bits per heavy atom. The third-order valence-corrected chi connectivity index (χ3v) is 6.26. The van der Waals surface area contributed by atoms with E-state index in [0.717, 1.165) is 41.4 Å². The molecule has 1 saturated heterocycles. The molecule has 2 unspecified atom stereocenters. The number of hydrazone groups is 1. The number of aromatic amines is 1. The molecule has 1 fully saturated rings. The van der Waals surface area contributed by atoms with Crippen LogP contribution in [0.15, 0.2) is 53.6 Å². The minimum Gasteiger partial charge on any atom is -0.484 e. The molecule has 1 aliphatic heterocycles. The molecule has 7 heteroatoms. The normalized spacial score (nSPS) is 18.6. The number of rotatable bonds is 6. The van der Waals surface area contributed by atoms with E-state index in [9.17, 15) is 9.59 Å². The molecule has 0 spiro atoms. The summed E-state index contributed by atoms with van der Waals surface area (Å²) in [6, 6.07) is 15.1. The minimum absolute atomic E-state index is 0.00145. The number of hydrogen-bond acceptors (Lipinski definition) is 4. The maximum atomic E-state index is 12.6. The maximum absolute atomic E-state index is 12.6. The molecular formula is C26H30N4O3. The summed E-state index contributed by atoms with van der Waals surface area (Å²) in [5, 5.41) is 5.18. The number of benzene rings is 2. The monoisotopic (exact) mass is 446 g/mol. The van der Waals surface area contributed by atoms with Crippen LogP contribution in [0.1, 0.15) is 54.7 Å². The van der Waals surface area contributed by atoms with Crippen molar-refractivity contribution in [2.24, 2.45) is 5.10 Å². The van der Waals surface area contributed by atoms with Crippen LogP contribution >= 0.6 is 0 Å². The largest absolute Gasteiger partial charge is 0.484 e. The van der Waals surface area contributed by atoms with E-state index in [-0.39, 0.29) is 30.5 Å². The van der Waals surface area contributed by atoms with Gasteiger partial charge >= 0.3 is 0 Å². The fraction of sp³-hybridized carbons (Fsp3) is 0.346. The lowest BCUT2D eigenvalue weighted by molar-refractivity contribution is -0.139. The lowest BCUT2D eigenvalue weighted by Crippen LogP contribution is -2.49. The molecule has 0 aliphatic carbocycles. The van der Waals surface area contributed by atoms with Crippen molar-refractivity contribution in [1.82, 2.24) is 15.3 Å². The molecule has 0 radical (unpaired) electrons. The smallest absolute Gasteiger partial charge is 0.271 e. The van der Waals surface area contributed by atoms with Gasteiger partial charge < -0.3 is 14.6 Å². The first-order valence-electron chi connectivity index (χ1n) is 11.4. The Labute approximate surface area is 193 Å². The molecule has 1 aromatic heterocycles. The van der Waals surface area contributed by atoms with Gasteiger partial charge in [0.15, 0.2) is 6.61 Å². The first-order chi connectivity index (χ1) is 15.9. The summed E-state index contributed by atoms with van der Waals surface area (Å²) in [6.45, 7) is 6.14. The first kappa shape index (κ1) is 22.6. The second-order valence-corrected chi connectivity index (χ2v) is 8.65. The van der Waals surface area contributed by atoms with Crippen molar-refractivity contribution in [3.05, 3.63) is 65.4 Å². The Morgan fingerprint density at radius 3 is 2.55 bits per heavy atom. The van der Waals surface area contributed by atoms with E-state index in [0.29, 0.717) is 11.3 Å². The van der Waals surface area contributed by atoms with E-state index >= 15 is 0 Å². The van der Waals surface area contributed by atoms with Crippen LogP contribution in [0, 0.1) is 6.92 Å². The Bertz CT molecular complexity index is 1160. The van der Waals surface area contributed by atoms with Gasteiger partial charge in [0.1, 0.15) is 5.75 Å². The van der Waals surface area contributed by atoms with E-state index in [1.807, 2.05) is 36.1 Å². The Balaban J connectivity index is 1.32. The van der Waals surface area contributed by atoms with Crippen LogP contribution in [0.25, 0.3) is 10.9 Å². The van der Waals surface area contributed by atoms with Crippen molar-refractivity contribution >= 4 is 28.9 Å². The van der Waals surface area contributed by atoms with Crippen LogP contribution in [0.2, 0.25) is 0 Å². The second kappa shape index (κ2) is 9.90. The standard InChI is InChI=1S/C26H30N4O3/c1-17-7-6-8-18(2)30(17)25(31)16-33-21-13-11-20(12-14-21)26(32)29-27-15-23-19(3)28-24-10-5-4-9-22(23)24/h4-5,9-15,17-18,28H,6-8,16H2,1-3H3,(H,29,32). The molecule has 2 aromatic carbocycles. The number of likely N-dealkylation sites (tertiary alicyclic amines) is 1. The number of piperidine rings is 1. The molecule has 2 heterocycles. The molecule has 4 rings (SSSR count). The lowest BCUT2D eigenvalue weighted by atomic mass is 9.97. The molecule has 172 valence electrons. The van der Waals surface area contributed by atoms with Gasteiger partial charge in [0.2, 0.25) is 0 Å². The summed E-state index contributed by atoms with van der Waals surface area (Å²) in [5.41, 5.74) is 5.98. The molecule has 0 bridgehead atoms. The lowest BCUT2D eigenvalue weighted by Gasteiger charge is -2.38. The topological polar surface area (TPSA) is 86.8 Å². The SMILES string of the molecule is Cc1[nH]c2ccccc2c1C=NNC(=O)c1ccc(OCC(=O)N2C(C)CCCC2C)cc1. The third kappa shape index (κ3) is 5.08. The fourth-order valence-corrected chi connectivity index (χ4v) is 4.52. The summed E-state index contributed by atoms with van der Waals surface area (Å²) in [7, 11) is 0. The summed E-state index contributed by atoms with van der Waals surface area (Å²) >= 11 is 0. The highest BCUT2D eigenvalue weighted by Gasteiger charge is 2.28. The average molecular weight is 447 g/mol. The predicted octanol–water partition coefficient (Wildman–Crippen LogP) is 4.41. The number of hydrogen-bond donors (Lipinski definition) is 2. The zero-order valence-corrected chi connectivity index (χ0v) is 19.3. The van der Waals surface area contributed by atoms with Crippen molar-refractivity contribution in [3.63, 3.8) is 0 Å². The van der Waals surface area contributed by atoms with Gasteiger partial charge in [-0.15, -0.1) is 0 Å². The molecule has 33 heavy (non-hydrogen) atoms. The minimum atomic E-state index is -0.317. The van der Waals surface area contributed by atoms with Crippen LogP contribution in [-0.2, 0) is 4.79 Å². The Morgan fingerprint density at radius 1 is 1.12 bits per heavy atom. The average Bonchev–Trinajstić information content (AvgIpc) is 3.13. The van der Waals surface area contributed by atoms with E-state index in [1.54, 1.807) is 30.5 Å². The van der Waals surface area contributed by atoms with E-state index < -0.39 is 0 Å². The number of ether oxygens (including phenoxy) is 1. The highest BCUT2D eigenvalue weighted by molar-refractivity contribution is 6.01. The number of fused-ring (bicyclic) bond motifs is 1. The zero-order valence-electron chi connectivity index (χ0n) is 19.3. The molecule has 2 atom stereocenters. The number of nitrogens with one attached hydrogen (secondary N) is 2. The van der Waals surface area contributed by atoms with Crippen molar-refractivity contribution in [2.75, 3.05) is 6.61 Å². The zero-order chi connectivity index (χ0) is 23.4. The molecule has 2 N–H and O–H groups in total. The molecule has 1 aliphatic rings. The van der Waals surface area contributed by atoms with Gasteiger partial charge in [-0.05, 0) is 70.4 Å². The number of aryl methyl sites for hydroxylation is 1. The van der Waals surface area contributed by atoms with Crippen molar-refractivity contribution < 1.29 is 14.3 Å². The van der Waals surface area contributed by atoms with Crippen molar-refractivity contribution in [1.29, 1.82) is 0 Å². The highest BCUT2D eigenvalue weighted by Crippen LogP contribution is 2.23. The number of carbonyl (C=O) groups excluding carboxylic acids is 2. The summed E-state index contributed by atoms with van der Waals surface area (Å²) < 4.78 is 5.68. The molecule has 3 aromatic rings. The second-order valence-electron chi connectivity index (χ2n) is 8.65. The van der Waals surface area contributed by atoms with Crippen LogP contribution < -0.4 is 10.2 Å². The van der Waals surface area contributed by atoms with Gasteiger partial charge in [-0.3, -0.25) is 9.59 Å². The number of H-pyrrole nitrogens is 1. The van der Waals surface area contributed by atoms with Crippen LogP contribution in [-0.4, -0.2) is 46.6 Å². The summed E-state index contributed by atoms with van der Waals surface area (Å²) in [4.78, 5) is 30.3. The molecule has 7 nitrogen and oxygen atoms in total. The summed E-state index contributed by atoms with van der Waals surface area (Å²) in [5.74, 6) is 0.232. The van der Waals surface area contributed by atoms with Gasteiger partial charge in [0.05, 0.1) is 6.21 Å². The highest BCUT2D eigenvalue weighted by atomic mass is 16.5. The number of para-hydroxylation sites is 1. The Hall–Kier alpha value is -3.61. The van der Waals surface area contributed by atoms with Crippen molar-refractivity contribution in [2.45, 2.75) is 52.1 Å². The quantitative estimate of drug-likeness (QED) is 0.434. The van der Waals surface area contributed by atoms with Gasteiger partial charge in [-0.25, -0.2) is 5.43 Å². The van der Waals surface area contributed by atoms with Crippen molar-refractivity contribution in [3.8, 4) is 5.75 Å². The summed E-state index contributed by atoms with van der Waals surface area (Å²) in [6.07, 6.45) is 4.87. The third-order valence-electron chi connectivity index (χ3n) is 6.26. The maximum Gasteiger partial charge on any atom is 0.271 e. The Kier molecular flexibility index (Phi) is 6.77. The van der Waals surface area contributed by atoms with Crippen LogP contribution in [0.3, 0.4) is 0 Å². The first-order valence-corrected chi connectivity index (χ1v) is 11.4. The number of nitrogens with zero attached hydrogens (tertiary/aromatic N) is 2. The molecule has 0 saturated carbocycles. The number of carbonyl (C=O) groups is 2. The number of aromatic nitrogens is 1. The van der Waals surface area contributed by atoms with Gasteiger partial charge in [-0.1, -0.05) is 18.2 Å². The number of amides is 2. The van der Waals surface area contributed by atoms with Crippen LogP contribution in [0.4, 0.5) is 0 Å². The van der Waals surface area contributed by atoms with E-state index in [4.69, 9.17) is 4.74 Å². The fourth-order valence-electron chi connectivity index (χ4n) is 4.52. The molecule has 2 amide bonds. The van der Waals surface area contributed by atoms with E-state index in [2.05, 4.69) is 29.4 Å². The van der Waals surface area contributed by atoms with E-state index in [1.165, 1.54) is 0 Å². The van der Waals surface area contributed by atoms with Gasteiger partial charge in [0, 0.05) is 39.8 Å². The predicted molar refractivity (Wildman–Crippen MR) is 130 cm³/mol. The van der Waals surface area contributed by atoms with Gasteiger partial charge in [0.25, 0.3) is 11.8 Å². The van der Waals surface area contributed by atoms with Crippen LogP contribution in [0.5, 0.6) is 5.75 Å². The van der Waals surface area contributed by atoms with Gasteiger partial charge in [-0.2, -0.15) is 5.10 Å².